The number of unbranched alkanes of at least 4 members (excludes halogenated alkanes) is 1. The van der Waals surface area contributed by atoms with Crippen molar-refractivity contribution in [1.82, 2.24) is 42.5 Å². The van der Waals surface area contributed by atoms with Crippen molar-refractivity contribution in [2.45, 2.75) is 168 Å². The lowest BCUT2D eigenvalue weighted by molar-refractivity contribution is -0.334. The van der Waals surface area contributed by atoms with Crippen LogP contribution in [0.3, 0.4) is 0 Å². The molecule has 2 saturated heterocycles. The molecule has 8 amide bonds. The van der Waals surface area contributed by atoms with Gasteiger partial charge in [-0.15, -0.1) is 6.58 Å². The summed E-state index contributed by atoms with van der Waals surface area (Å²) in [7, 11) is 0. The van der Waals surface area contributed by atoms with Gasteiger partial charge in [0.25, 0.3) is 0 Å². The minimum Gasteiger partial charge on any atom is -0.508 e. The van der Waals surface area contributed by atoms with E-state index < -0.39 is 260 Å². The van der Waals surface area contributed by atoms with E-state index in [0.29, 0.717) is 31.6 Å². The standard InChI is InChI=1S/C78H89Cl2N11O26/c1-4-5-19-111-40-10-8-9-34(20-40)30-85-78(3)29-56(112-33(2)69(78)103)116-68-66(102)65(101)53(32-92)115-77(68)117-67-51-24-38-25-52(67)114-50-17-14-37(23-44(50)80)64(100)62-76(110)89-60(72(106)84-31-55(97)98)42-26-39(93)27-48(95)57(42)41-21-35(12-15-47(41)94)58(73(107)91-62)88-74(108)59(38)87-71(105)46(28-54(83)96)86-75(109)61(90-70(104)45(82)11-6-7-18-81)63(99)36-13-16-49(113-51)43(79)22-36/h4,8-10,12-17,20-27,33,45-46,53,56,58-66,68-69,77,85,92-95,99-103H,1,5-7,11,18-19,28-32,81-82H2,2-3H3,(H2,83,96)(H,84,106)(H,86,109)(H,87,105)(H,88,108)(H,89,110)(H,90,104)(H,91,107)(H,97,98)/t33-,45-,46-,53+,56-,58+,59+,60-,61+,62-,63+,64+,65+,66-,68+,69+,77-,78-/m0/s1. The highest BCUT2D eigenvalue weighted by atomic mass is 35.5. The number of phenolic OH excluding ortho intramolecular Hbond substituents is 3. The topological polar surface area (TPSA) is 595 Å². The van der Waals surface area contributed by atoms with E-state index in [1.165, 1.54) is 6.07 Å². The van der Waals surface area contributed by atoms with Gasteiger partial charge in [-0.2, -0.15) is 0 Å². The quantitative estimate of drug-likeness (QED) is 0.0312. The van der Waals surface area contributed by atoms with Gasteiger partial charge in [0.15, 0.2) is 23.9 Å². The molecular weight excluding hydrogens is 1580 g/mol. The van der Waals surface area contributed by atoms with E-state index in [1.54, 1.807) is 38.1 Å². The number of nitrogens with two attached hydrogens (primary N) is 3. The number of hydrogen-bond acceptors (Lipinski definition) is 28. The number of phenols is 3. The molecule has 0 aromatic heterocycles. The minimum atomic E-state index is -2.40. The number of ether oxygens (including phenoxy) is 7. The van der Waals surface area contributed by atoms with Gasteiger partial charge in [0.1, 0.15) is 108 Å². The maximum absolute atomic E-state index is 16.2. The molecule has 6 aromatic carbocycles. The Morgan fingerprint density at radius 3 is 2.04 bits per heavy atom. The van der Waals surface area contributed by atoms with Crippen LogP contribution in [0.15, 0.2) is 116 Å². The van der Waals surface area contributed by atoms with Crippen LogP contribution in [0.5, 0.6) is 51.7 Å². The number of amides is 8. The first-order valence-electron chi connectivity index (χ1n) is 37.0. The first-order valence-corrected chi connectivity index (χ1v) is 37.7. The number of halogens is 2. The summed E-state index contributed by atoms with van der Waals surface area (Å²) in [6.07, 6.45) is -16.1. The predicted octanol–water partition coefficient (Wildman–Crippen LogP) is 0.831. The monoisotopic (exact) mass is 1670 g/mol. The largest absolute Gasteiger partial charge is 0.508 e. The molecule has 626 valence electrons. The minimum absolute atomic E-state index is 0.0289. The lowest BCUT2D eigenvalue weighted by Gasteiger charge is -2.48. The number of fused-ring (bicyclic) bond motifs is 15. The molecule has 7 aliphatic heterocycles. The van der Waals surface area contributed by atoms with Gasteiger partial charge >= 0.3 is 5.97 Å². The number of benzene rings is 6. The normalized spacial score (nSPS) is 26.8. The molecule has 0 saturated carbocycles. The molecule has 7 aliphatic rings. The molecular formula is C78H89Cl2N11O26. The highest BCUT2D eigenvalue weighted by Crippen LogP contribution is 2.50. The van der Waals surface area contributed by atoms with Crippen LogP contribution < -0.4 is 78.7 Å². The van der Waals surface area contributed by atoms with Gasteiger partial charge in [0, 0.05) is 35.7 Å². The van der Waals surface area contributed by atoms with Crippen molar-refractivity contribution in [3.05, 3.63) is 159 Å². The molecule has 0 aliphatic carbocycles. The fourth-order valence-corrected chi connectivity index (χ4v) is 14.5. The molecule has 37 nitrogen and oxygen atoms in total. The van der Waals surface area contributed by atoms with Crippen molar-refractivity contribution in [1.29, 1.82) is 0 Å². The zero-order chi connectivity index (χ0) is 84.6. The number of aliphatic carboxylic acids is 1. The zero-order valence-electron chi connectivity index (χ0n) is 62.7. The SMILES string of the molecule is C=CCCOc1cccc(CN[C@@]2(C)C[C@H](O[C@H]3[C@H](Oc4c5cc6cc4Oc4ccc(cc4Cl)[C@@H](O)[C@@H](NC(=O)[C@@H](N)CCCCN)C(=O)N[C@@H](CC(N)=O)C(=O)N[C@H]6C(=O)N[C@H]4C(=O)N[C@H](C(=O)N[C@H](C(=O)NCC(=O)O)c6cc(O)cc(O)c6-c6cc4ccc6O)[C@H](O)c4ccc(c(Cl)c4)O5)O[C@H](CO)[C@@H](O)[C@@H]3O)O[C@@H](C)[C@H]2O)c1. The van der Waals surface area contributed by atoms with Crippen LogP contribution in [0.25, 0.3) is 11.1 Å². The molecule has 7 heterocycles. The van der Waals surface area contributed by atoms with Crippen LogP contribution in [-0.4, -0.2) is 210 Å². The second-order valence-electron chi connectivity index (χ2n) is 28.7. The highest BCUT2D eigenvalue weighted by Gasteiger charge is 2.52. The Bertz CT molecular complexity index is 4780. The number of carboxylic acid groups (broad SMARTS) is 1. The Labute approximate surface area is 677 Å². The number of carbonyl (C=O) groups excluding carboxylic acids is 8. The summed E-state index contributed by atoms with van der Waals surface area (Å²) in [5.41, 5.74) is 14.2. The molecule has 24 N–H and O–H groups in total. The van der Waals surface area contributed by atoms with E-state index in [9.17, 15) is 75.0 Å². The Kier molecular flexibility index (Phi) is 27.8. The van der Waals surface area contributed by atoms with E-state index in [0.717, 1.165) is 78.4 Å². The number of hydrogen-bond donors (Lipinski definition) is 21. The predicted molar refractivity (Wildman–Crippen MR) is 410 cm³/mol. The number of nitrogens with one attached hydrogen (secondary N) is 8. The van der Waals surface area contributed by atoms with Crippen LogP contribution in [0.4, 0.5) is 0 Å². The van der Waals surface area contributed by atoms with Gasteiger partial charge < -0.3 is 144 Å². The van der Waals surface area contributed by atoms with Gasteiger partial charge in [-0.3, -0.25) is 43.2 Å². The van der Waals surface area contributed by atoms with E-state index >= 15 is 19.2 Å². The van der Waals surface area contributed by atoms with Gasteiger partial charge in [-0.25, -0.2) is 0 Å². The summed E-state index contributed by atoms with van der Waals surface area (Å²) < 4.78 is 45.2. The van der Waals surface area contributed by atoms with Crippen molar-refractivity contribution in [2.75, 3.05) is 26.3 Å². The maximum atomic E-state index is 16.2. The summed E-state index contributed by atoms with van der Waals surface area (Å²) in [4.78, 5) is 131. The molecule has 0 radical (unpaired) electrons. The van der Waals surface area contributed by atoms with Crippen molar-refractivity contribution in [2.24, 2.45) is 17.2 Å². The molecule has 13 rings (SSSR count). The molecule has 6 aromatic rings. The summed E-state index contributed by atoms with van der Waals surface area (Å²) >= 11 is 14.3. The third-order valence-corrected chi connectivity index (χ3v) is 20.9. The number of carboxylic acids is 1. The third-order valence-electron chi connectivity index (χ3n) is 20.3. The fraction of sp³-hybridized carbons (Fsp3) is 0.397. The Hall–Kier alpha value is -11.0. The number of rotatable bonds is 23. The molecule has 18 atom stereocenters. The number of primary amides is 1. The smallest absolute Gasteiger partial charge is 0.322 e. The lowest BCUT2D eigenvalue weighted by atomic mass is 9.84. The van der Waals surface area contributed by atoms with Gasteiger partial charge in [0.2, 0.25) is 59.3 Å². The van der Waals surface area contributed by atoms with Crippen LogP contribution >= 0.6 is 23.2 Å². The molecule has 117 heavy (non-hydrogen) atoms. The van der Waals surface area contributed by atoms with Crippen LogP contribution in [0, 0.1) is 0 Å². The van der Waals surface area contributed by atoms with E-state index in [-0.39, 0.29) is 42.8 Å². The van der Waals surface area contributed by atoms with Crippen LogP contribution in [0.2, 0.25) is 10.0 Å². The molecule has 2 fully saturated rings. The number of aliphatic hydroxyl groups is 6. The number of aromatic hydroxyl groups is 3. The Morgan fingerprint density at radius 1 is 0.735 bits per heavy atom. The average Bonchev–Trinajstić information content (AvgIpc) is 0.759. The second kappa shape index (κ2) is 37.5. The van der Waals surface area contributed by atoms with Crippen LogP contribution in [-0.2, 0) is 63.9 Å². The molecule has 0 spiro atoms. The lowest BCUT2D eigenvalue weighted by Crippen LogP contribution is -2.65. The molecule has 11 bridgehead atoms. The maximum Gasteiger partial charge on any atom is 0.322 e. The van der Waals surface area contributed by atoms with Crippen molar-refractivity contribution in [3.63, 3.8) is 0 Å². The Morgan fingerprint density at radius 2 is 1.39 bits per heavy atom. The van der Waals surface area contributed by atoms with Crippen molar-refractivity contribution in [3.8, 4) is 62.9 Å². The summed E-state index contributed by atoms with van der Waals surface area (Å²) in [5.74, 6) is -17.0. The van der Waals surface area contributed by atoms with Crippen LogP contribution in [0.1, 0.15) is 116 Å². The third kappa shape index (κ3) is 20.0. The first kappa shape index (κ1) is 86.8. The number of carbonyl (C=O) groups is 9. The fourth-order valence-electron chi connectivity index (χ4n) is 14.0. The second-order valence-corrected chi connectivity index (χ2v) is 29.6. The summed E-state index contributed by atoms with van der Waals surface area (Å²) in [5, 5.41) is 135. The van der Waals surface area contributed by atoms with E-state index in [4.69, 9.17) is 73.6 Å². The first-order chi connectivity index (χ1) is 55.7. The summed E-state index contributed by atoms with van der Waals surface area (Å²) in [6.45, 7) is 5.66. The molecule has 39 heteroatoms. The van der Waals surface area contributed by atoms with Crippen molar-refractivity contribution >= 4 is 76.4 Å². The Balaban J connectivity index is 1.12. The van der Waals surface area contributed by atoms with E-state index in [1.807, 2.05) is 6.07 Å². The number of aliphatic hydroxyl groups excluding tert-OH is 6. The molecule has 0 unspecified atom stereocenters. The van der Waals surface area contributed by atoms with Gasteiger partial charge in [-0.05, 0) is 140 Å². The highest BCUT2D eigenvalue weighted by molar-refractivity contribution is 6.32. The van der Waals surface area contributed by atoms with Crippen molar-refractivity contribution < 1.29 is 127 Å². The van der Waals surface area contributed by atoms with Gasteiger partial charge in [-0.1, -0.05) is 66.0 Å². The van der Waals surface area contributed by atoms with Gasteiger partial charge in [0.05, 0.1) is 47.9 Å². The average molecular weight is 1670 g/mol. The summed E-state index contributed by atoms with van der Waals surface area (Å²) in [6, 6.07) is 5.77. The van der Waals surface area contributed by atoms with E-state index in [2.05, 4.69) is 49.1 Å². The zero-order valence-corrected chi connectivity index (χ0v) is 64.2.